The molecular formula is C16H18FN3. The van der Waals surface area contributed by atoms with Crippen LogP contribution in [0.5, 0.6) is 0 Å². The molecule has 2 atom stereocenters. The van der Waals surface area contributed by atoms with Gasteiger partial charge in [0.25, 0.3) is 0 Å². The number of hydrogen-bond acceptors (Lipinski definition) is 3. The van der Waals surface area contributed by atoms with Crippen LogP contribution in [0.1, 0.15) is 41.6 Å². The van der Waals surface area contributed by atoms with Crippen LogP contribution in [-0.2, 0) is 6.42 Å². The molecule has 1 N–H and O–H groups in total. The molecule has 2 aromatic heterocycles. The zero-order valence-corrected chi connectivity index (χ0v) is 11.5. The van der Waals surface area contributed by atoms with Gasteiger partial charge in [-0.15, -0.1) is 0 Å². The second kappa shape index (κ2) is 5.67. The summed E-state index contributed by atoms with van der Waals surface area (Å²) >= 11 is 0. The molecule has 0 saturated heterocycles. The van der Waals surface area contributed by atoms with Crippen molar-refractivity contribution < 1.29 is 4.39 Å². The smallest absolute Gasteiger partial charge is 0.146 e. The normalized spacial score (nSPS) is 19.4. The molecule has 0 spiro atoms. The Kier molecular flexibility index (Phi) is 3.74. The van der Waals surface area contributed by atoms with E-state index in [0.29, 0.717) is 5.56 Å². The number of likely N-dealkylation sites (N-methyl/N-ethyl adjacent to an activating group) is 1. The fourth-order valence-electron chi connectivity index (χ4n) is 3.18. The Morgan fingerprint density at radius 1 is 1.35 bits per heavy atom. The Bertz CT molecular complexity index is 600. The summed E-state index contributed by atoms with van der Waals surface area (Å²) < 4.78 is 14.0. The van der Waals surface area contributed by atoms with Gasteiger partial charge in [-0.2, -0.15) is 0 Å². The first-order valence-corrected chi connectivity index (χ1v) is 7.01. The van der Waals surface area contributed by atoms with Gasteiger partial charge in [-0.3, -0.25) is 9.97 Å². The van der Waals surface area contributed by atoms with Crippen molar-refractivity contribution in [3.63, 3.8) is 0 Å². The number of hydrogen-bond donors (Lipinski definition) is 1. The van der Waals surface area contributed by atoms with Crippen LogP contribution in [0.4, 0.5) is 4.39 Å². The maximum atomic E-state index is 14.0. The van der Waals surface area contributed by atoms with Gasteiger partial charge < -0.3 is 5.32 Å². The molecule has 4 heteroatoms. The molecule has 2 heterocycles. The first-order chi connectivity index (χ1) is 9.81. The molecule has 0 amide bonds. The van der Waals surface area contributed by atoms with Gasteiger partial charge in [0.05, 0.1) is 6.20 Å². The average molecular weight is 271 g/mol. The van der Waals surface area contributed by atoms with Crippen molar-refractivity contribution in [2.75, 3.05) is 7.05 Å². The molecule has 1 aliphatic rings. The summed E-state index contributed by atoms with van der Waals surface area (Å²) in [7, 11) is 1.88. The third-order valence-electron chi connectivity index (χ3n) is 4.09. The highest BCUT2D eigenvalue weighted by molar-refractivity contribution is 5.31. The third-order valence-corrected chi connectivity index (χ3v) is 4.09. The molecule has 0 bridgehead atoms. The predicted molar refractivity (Wildman–Crippen MR) is 75.9 cm³/mol. The van der Waals surface area contributed by atoms with Gasteiger partial charge in [-0.05, 0) is 44.0 Å². The summed E-state index contributed by atoms with van der Waals surface area (Å²) in [6, 6.07) is 5.80. The highest BCUT2D eigenvalue weighted by Crippen LogP contribution is 2.39. The zero-order chi connectivity index (χ0) is 13.9. The molecule has 0 fully saturated rings. The average Bonchev–Trinajstić information content (AvgIpc) is 2.50. The molecular weight excluding hydrogens is 253 g/mol. The van der Waals surface area contributed by atoms with Crippen molar-refractivity contribution in [3.8, 4) is 0 Å². The summed E-state index contributed by atoms with van der Waals surface area (Å²) in [6.45, 7) is 0. The highest BCUT2D eigenvalue weighted by atomic mass is 19.1. The van der Waals surface area contributed by atoms with E-state index in [9.17, 15) is 4.39 Å². The quantitative estimate of drug-likeness (QED) is 0.932. The fraction of sp³-hybridized carbons (Fsp3) is 0.375. The standard InChI is InChI=1S/C16H18FN3/c1-18-16(12-7-9-19-10-14(12)17)13-6-2-4-11-5-3-8-20-15(11)13/h3,5,7-10,13,16,18H,2,4,6H2,1H3. The Hall–Kier alpha value is -1.81. The minimum atomic E-state index is -0.255. The lowest BCUT2D eigenvalue weighted by atomic mass is 9.79. The number of rotatable bonds is 3. The SMILES string of the molecule is CNC(c1ccncc1F)C1CCCc2cccnc21. The Morgan fingerprint density at radius 2 is 2.25 bits per heavy atom. The Balaban J connectivity index is 2.01. The third kappa shape index (κ3) is 2.31. The number of nitrogens with one attached hydrogen (secondary N) is 1. The molecule has 0 saturated carbocycles. The molecule has 1 aliphatic carbocycles. The van der Waals surface area contributed by atoms with Crippen molar-refractivity contribution in [3.05, 3.63) is 59.4 Å². The van der Waals surface area contributed by atoms with E-state index in [2.05, 4.69) is 21.4 Å². The second-order valence-electron chi connectivity index (χ2n) is 5.21. The first-order valence-electron chi connectivity index (χ1n) is 7.01. The van der Waals surface area contributed by atoms with Gasteiger partial charge in [0.15, 0.2) is 0 Å². The van der Waals surface area contributed by atoms with Gasteiger partial charge >= 0.3 is 0 Å². The van der Waals surface area contributed by atoms with E-state index in [1.54, 1.807) is 12.3 Å². The Morgan fingerprint density at radius 3 is 3.05 bits per heavy atom. The Labute approximate surface area is 118 Å². The number of pyridine rings is 2. The number of fused-ring (bicyclic) bond motifs is 1. The van der Waals surface area contributed by atoms with E-state index in [-0.39, 0.29) is 17.8 Å². The fourth-order valence-corrected chi connectivity index (χ4v) is 3.18. The van der Waals surface area contributed by atoms with Gasteiger partial charge in [0.1, 0.15) is 5.82 Å². The van der Waals surface area contributed by atoms with Crippen LogP contribution in [0.3, 0.4) is 0 Å². The monoisotopic (exact) mass is 271 g/mol. The minimum Gasteiger partial charge on any atom is -0.312 e. The lowest BCUT2D eigenvalue weighted by Crippen LogP contribution is -2.28. The summed E-state index contributed by atoms with van der Waals surface area (Å²) in [5.74, 6) is -0.0447. The second-order valence-corrected chi connectivity index (χ2v) is 5.21. The van der Waals surface area contributed by atoms with E-state index < -0.39 is 0 Å². The predicted octanol–water partition coefficient (Wildman–Crippen LogP) is 3.00. The number of aromatic nitrogens is 2. The molecule has 0 aliphatic heterocycles. The number of aryl methyl sites for hydroxylation is 1. The van der Waals surface area contributed by atoms with E-state index in [0.717, 1.165) is 25.0 Å². The largest absolute Gasteiger partial charge is 0.312 e. The van der Waals surface area contributed by atoms with Crippen LogP contribution in [-0.4, -0.2) is 17.0 Å². The van der Waals surface area contributed by atoms with Crippen LogP contribution in [0.2, 0.25) is 0 Å². The summed E-state index contributed by atoms with van der Waals surface area (Å²) in [4.78, 5) is 8.38. The minimum absolute atomic E-state index is 0.0630. The van der Waals surface area contributed by atoms with Crippen molar-refractivity contribution in [2.24, 2.45) is 0 Å². The summed E-state index contributed by atoms with van der Waals surface area (Å²) in [6.07, 6.45) is 7.96. The molecule has 0 aromatic carbocycles. The van der Waals surface area contributed by atoms with Crippen molar-refractivity contribution >= 4 is 0 Å². The lowest BCUT2D eigenvalue weighted by molar-refractivity contribution is 0.402. The summed E-state index contributed by atoms with van der Waals surface area (Å²) in [5.41, 5.74) is 3.07. The van der Waals surface area contributed by atoms with Crippen molar-refractivity contribution in [2.45, 2.75) is 31.2 Å². The highest BCUT2D eigenvalue weighted by Gasteiger charge is 2.30. The van der Waals surface area contributed by atoms with Crippen LogP contribution in [0, 0.1) is 5.82 Å². The van der Waals surface area contributed by atoms with E-state index in [4.69, 9.17) is 0 Å². The summed E-state index contributed by atoms with van der Waals surface area (Å²) in [5, 5.41) is 3.26. The van der Waals surface area contributed by atoms with Crippen LogP contribution >= 0.6 is 0 Å². The van der Waals surface area contributed by atoms with Gasteiger partial charge in [0, 0.05) is 35.6 Å². The lowest BCUT2D eigenvalue weighted by Gasteiger charge is -2.31. The first kappa shape index (κ1) is 13.2. The number of nitrogens with zero attached hydrogens (tertiary/aromatic N) is 2. The maximum absolute atomic E-state index is 14.0. The van der Waals surface area contributed by atoms with E-state index in [1.807, 2.05) is 19.3 Å². The van der Waals surface area contributed by atoms with Gasteiger partial charge in [-0.1, -0.05) is 6.07 Å². The zero-order valence-electron chi connectivity index (χ0n) is 11.5. The van der Waals surface area contributed by atoms with Crippen LogP contribution in [0.15, 0.2) is 36.8 Å². The topological polar surface area (TPSA) is 37.8 Å². The van der Waals surface area contributed by atoms with Gasteiger partial charge in [0.2, 0.25) is 0 Å². The van der Waals surface area contributed by atoms with Crippen LogP contribution in [0.25, 0.3) is 0 Å². The van der Waals surface area contributed by atoms with Crippen molar-refractivity contribution in [1.82, 2.24) is 15.3 Å². The molecule has 0 radical (unpaired) electrons. The van der Waals surface area contributed by atoms with Gasteiger partial charge in [-0.25, -0.2) is 4.39 Å². The van der Waals surface area contributed by atoms with Crippen LogP contribution < -0.4 is 5.32 Å². The maximum Gasteiger partial charge on any atom is 0.146 e. The molecule has 3 rings (SSSR count). The van der Waals surface area contributed by atoms with Crippen molar-refractivity contribution in [1.29, 1.82) is 0 Å². The van der Waals surface area contributed by atoms with E-state index in [1.165, 1.54) is 11.8 Å². The molecule has 104 valence electrons. The molecule has 20 heavy (non-hydrogen) atoms. The number of halogens is 1. The molecule has 3 nitrogen and oxygen atoms in total. The van der Waals surface area contributed by atoms with E-state index >= 15 is 0 Å². The molecule has 2 aromatic rings. The molecule has 2 unspecified atom stereocenters.